The third-order valence-electron chi connectivity index (χ3n) is 3.64. The van der Waals surface area contributed by atoms with E-state index in [-0.39, 0.29) is 0 Å². The van der Waals surface area contributed by atoms with Crippen molar-refractivity contribution in [1.82, 2.24) is 0 Å². The second kappa shape index (κ2) is 7.99. The normalized spacial score (nSPS) is 10.6. The Balaban J connectivity index is 1.57. The second-order valence-electron chi connectivity index (χ2n) is 5.40. The van der Waals surface area contributed by atoms with E-state index in [9.17, 15) is 0 Å². The number of aryl methyl sites for hydroxylation is 2. The Labute approximate surface area is 125 Å². The number of rotatable bonds is 7. The van der Waals surface area contributed by atoms with Crippen molar-refractivity contribution in [2.24, 2.45) is 0 Å². The molecule has 0 saturated heterocycles. The lowest BCUT2D eigenvalue weighted by Gasteiger charge is -2.04. The van der Waals surface area contributed by atoms with E-state index in [1.807, 2.05) is 24.3 Å². The first-order valence-corrected chi connectivity index (χ1v) is 7.43. The maximum atomic E-state index is 5.68. The van der Waals surface area contributed by atoms with Gasteiger partial charge in [-0.1, -0.05) is 72.3 Å². The summed E-state index contributed by atoms with van der Waals surface area (Å²) in [6, 6.07) is 16.4. The minimum Gasteiger partial charge on any atom is -0.0967 e. The highest BCUT2D eigenvalue weighted by Gasteiger charge is 1.96. The van der Waals surface area contributed by atoms with E-state index in [1.54, 1.807) is 0 Å². The van der Waals surface area contributed by atoms with Crippen molar-refractivity contribution in [3.63, 3.8) is 0 Å². The average molecular weight is 258 g/mol. The summed E-state index contributed by atoms with van der Waals surface area (Å²) in [4.78, 5) is 0. The third kappa shape index (κ3) is 5.28. The van der Waals surface area contributed by atoms with Gasteiger partial charge in [0.25, 0.3) is 0 Å². The zero-order valence-corrected chi connectivity index (χ0v) is 12.0. The molecule has 4 radical (unpaired) electrons. The minimum atomic E-state index is 0.845. The van der Waals surface area contributed by atoms with Crippen molar-refractivity contribution in [1.29, 1.82) is 0 Å². The van der Waals surface area contributed by atoms with Gasteiger partial charge in [0.05, 0.1) is 0 Å². The lowest BCUT2D eigenvalue weighted by atomic mass is 9.93. The Morgan fingerprint density at radius 3 is 1.20 bits per heavy atom. The number of hydrogen-bond acceptors (Lipinski definition) is 0. The molecule has 0 bridgehead atoms. The van der Waals surface area contributed by atoms with Crippen molar-refractivity contribution >= 4 is 26.6 Å². The molecule has 98 valence electrons. The van der Waals surface area contributed by atoms with Gasteiger partial charge in [-0.25, -0.2) is 0 Å². The van der Waals surface area contributed by atoms with Crippen LogP contribution in [0.25, 0.3) is 0 Å². The van der Waals surface area contributed by atoms with E-state index in [0.29, 0.717) is 0 Å². The lowest BCUT2D eigenvalue weighted by Crippen LogP contribution is -2.01. The molecule has 2 aromatic rings. The van der Waals surface area contributed by atoms with E-state index in [0.717, 1.165) is 23.8 Å². The summed E-state index contributed by atoms with van der Waals surface area (Å²) in [6.45, 7) is 0. The minimum absolute atomic E-state index is 0.845. The van der Waals surface area contributed by atoms with Crippen LogP contribution in [0.15, 0.2) is 48.5 Å². The Bertz CT molecular complexity index is 450. The van der Waals surface area contributed by atoms with Gasteiger partial charge < -0.3 is 0 Å². The summed E-state index contributed by atoms with van der Waals surface area (Å²) in [5.74, 6) is 0. The van der Waals surface area contributed by atoms with Gasteiger partial charge in [0.2, 0.25) is 0 Å². The van der Waals surface area contributed by atoms with Crippen LogP contribution in [-0.4, -0.2) is 15.7 Å². The fourth-order valence-corrected chi connectivity index (χ4v) is 2.38. The van der Waals surface area contributed by atoms with Crippen LogP contribution in [-0.2, 0) is 12.8 Å². The first-order valence-electron chi connectivity index (χ1n) is 7.43. The topological polar surface area (TPSA) is 0 Å². The molecule has 0 aliphatic carbocycles. The SMILES string of the molecule is [B]c1ccc(CCCCCCc2ccc([B])cc2)cc1. The summed E-state index contributed by atoms with van der Waals surface area (Å²) < 4.78 is 0. The Kier molecular flexibility index (Phi) is 5.98. The summed E-state index contributed by atoms with van der Waals surface area (Å²) >= 11 is 0. The van der Waals surface area contributed by atoms with Gasteiger partial charge in [-0.3, -0.25) is 0 Å². The van der Waals surface area contributed by atoms with Crippen LogP contribution in [0.5, 0.6) is 0 Å². The summed E-state index contributed by atoms with van der Waals surface area (Å²) in [6.07, 6.45) is 7.40. The molecule has 0 saturated carbocycles. The summed E-state index contributed by atoms with van der Waals surface area (Å²) in [5.41, 5.74) is 4.46. The van der Waals surface area contributed by atoms with Crippen LogP contribution >= 0.6 is 0 Å². The maximum Gasteiger partial charge on any atom is 0.113 e. The van der Waals surface area contributed by atoms with Crippen molar-refractivity contribution in [2.75, 3.05) is 0 Å². The molecule has 0 aliphatic rings. The quantitative estimate of drug-likeness (QED) is 0.529. The number of unbranched alkanes of at least 4 members (excludes halogenated alkanes) is 3. The fraction of sp³-hybridized carbons (Fsp3) is 0.333. The van der Waals surface area contributed by atoms with Crippen molar-refractivity contribution in [3.05, 3.63) is 59.7 Å². The Morgan fingerprint density at radius 2 is 0.850 bits per heavy atom. The van der Waals surface area contributed by atoms with Gasteiger partial charge in [0.1, 0.15) is 15.7 Å². The molecule has 0 spiro atoms. The zero-order valence-electron chi connectivity index (χ0n) is 12.0. The van der Waals surface area contributed by atoms with Gasteiger partial charge in [0, 0.05) is 0 Å². The highest BCUT2D eigenvalue weighted by Crippen LogP contribution is 2.10. The molecule has 0 N–H and O–H groups in total. The van der Waals surface area contributed by atoms with Crippen LogP contribution in [0.2, 0.25) is 0 Å². The highest BCUT2D eigenvalue weighted by atomic mass is 14.0. The molecule has 0 aliphatic heterocycles. The van der Waals surface area contributed by atoms with Crippen molar-refractivity contribution in [2.45, 2.75) is 38.5 Å². The molecule has 20 heavy (non-hydrogen) atoms. The molecule has 2 rings (SSSR count). The van der Waals surface area contributed by atoms with Gasteiger partial charge in [-0.05, 0) is 36.8 Å². The van der Waals surface area contributed by atoms with E-state index < -0.39 is 0 Å². The standard InChI is InChI=1S/C18H20B2/c19-17-11-7-15(8-12-17)5-3-1-2-4-6-16-9-13-18(20)14-10-16/h7-14H,1-6H2. The van der Waals surface area contributed by atoms with Gasteiger partial charge in [-0.2, -0.15) is 0 Å². The molecule has 0 heterocycles. The van der Waals surface area contributed by atoms with E-state index in [1.165, 1.54) is 36.8 Å². The van der Waals surface area contributed by atoms with E-state index >= 15 is 0 Å². The van der Waals surface area contributed by atoms with Gasteiger partial charge >= 0.3 is 0 Å². The molecule has 0 amide bonds. The molecule has 0 unspecified atom stereocenters. The Hall–Kier alpha value is -1.43. The highest BCUT2D eigenvalue weighted by molar-refractivity contribution is 6.32. The first-order chi connectivity index (χ1) is 9.74. The average Bonchev–Trinajstić information content (AvgIpc) is 2.46. The fourth-order valence-electron chi connectivity index (χ4n) is 2.38. The Morgan fingerprint density at radius 1 is 0.500 bits per heavy atom. The lowest BCUT2D eigenvalue weighted by molar-refractivity contribution is 0.640. The third-order valence-corrected chi connectivity index (χ3v) is 3.64. The smallest absolute Gasteiger partial charge is 0.0967 e. The van der Waals surface area contributed by atoms with Crippen LogP contribution in [0.1, 0.15) is 36.8 Å². The molecule has 0 fully saturated rings. The van der Waals surface area contributed by atoms with E-state index in [4.69, 9.17) is 15.7 Å². The molecule has 2 aromatic carbocycles. The molecular formula is C18H20B2. The van der Waals surface area contributed by atoms with Gasteiger partial charge in [-0.15, -0.1) is 0 Å². The van der Waals surface area contributed by atoms with Crippen LogP contribution in [0.3, 0.4) is 0 Å². The van der Waals surface area contributed by atoms with E-state index in [2.05, 4.69) is 24.3 Å². The largest absolute Gasteiger partial charge is 0.113 e. The molecular weight excluding hydrogens is 238 g/mol. The molecule has 0 nitrogen and oxygen atoms in total. The predicted octanol–water partition coefficient (Wildman–Crippen LogP) is 2.62. The molecule has 0 aromatic heterocycles. The van der Waals surface area contributed by atoms with Crippen LogP contribution in [0.4, 0.5) is 0 Å². The van der Waals surface area contributed by atoms with Crippen molar-refractivity contribution in [3.8, 4) is 0 Å². The zero-order chi connectivity index (χ0) is 14.2. The summed E-state index contributed by atoms with van der Waals surface area (Å²) in [5, 5.41) is 0. The van der Waals surface area contributed by atoms with Crippen LogP contribution in [0, 0.1) is 0 Å². The van der Waals surface area contributed by atoms with Gasteiger partial charge in [0.15, 0.2) is 0 Å². The van der Waals surface area contributed by atoms with Crippen LogP contribution < -0.4 is 10.9 Å². The maximum absolute atomic E-state index is 5.68. The van der Waals surface area contributed by atoms with Crippen molar-refractivity contribution < 1.29 is 0 Å². The number of hydrogen-bond donors (Lipinski definition) is 0. The summed E-state index contributed by atoms with van der Waals surface area (Å²) in [7, 11) is 11.4. The monoisotopic (exact) mass is 258 g/mol. The second-order valence-corrected chi connectivity index (χ2v) is 5.40. The number of benzene rings is 2. The first kappa shape index (κ1) is 15.0. The predicted molar refractivity (Wildman–Crippen MR) is 89.5 cm³/mol. The molecule has 2 heteroatoms. The molecule has 0 atom stereocenters.